The lowest BCUT2D eigenvalue weighted by Gasteiger charge is -2.08. The maximum Gasteiger partial charge on any atom is 0.255 e. The number of hydrogen-bond acceptors (Lipinski definition) is 5. The van der Waals surface area contributed by atoms with E-state index in [2.05, 4.69) is 10.3 Å². The molecule has 0 fully saturated rings. The van der Waals surface area contributed by atoms with Crippen molar-refractivity contribution in [2.75, 3.05) is 12.4 Å². The fourth-order valence-electron chi connectivity index (χ4n) is 2.21. The monoisotopic (exact) mass is 354 g/mol. The van der Waals surface area contributed by atoms with Crippen LogP contribution >= 0.6 is 11.3 Å². The standard InChI is InChI=1S/C19H18N2O3S/c1-13-20-16(12-25-13)11-24-18-7-3-14(4-8-18)19(22)21-15-5-9-17(23-2)10-6-15/h3-10,12H,11H2,1-2H3,(H,21,22). The lowest BCUT2D eigenvalue weighted by atomic mass is 10.2. The van der Waals surface area contributed by atoms with Gasteiger partial charge in [-0.1, -0.05) is 0 Å². The quantitative estimate of drug-likeness (QED) is 0.717. The zero-order valence-electron chi connectivity index (χ0n) is 14.0. The summed E-state index contributed by atoms with van der Waals surface area (Å²) in [5, 5.41) is 5.84. The van der Waals surface area contributed by atoms with Gasteiger partial charge in [-0.2, -0.15) is 0 Å². The highest BCUT2D eigenvalue weighted by atomic mass is 32.1. The molecule has 0 aliphatic rings. The molecule has 2 aromatic carbocycles. The van der Waals surface area contributed by atoms with Crippen molar-refractivity contribution < 1.29 is 14.3 Å². The van der Waals surface area contributed by atoms with Gasteiger partial charge >= 0.3 is 0 Å². The normalized spacial score (nSPS) is 10.3. The maximum atomic E-state index is 12.3. The number of benzene rings is 2. The van der Waals surface area contributed by atoms with Crippen LogP contribution in [0, 0.1) is 6.92 Å². The van der Waals surface area contributed by atoms with E-state index in [1.807, 2.05) is 12.3 Å². The van der Waals surface area contributed by atoms with E-state index in [1.165, 1.54) is 0 Å². The van der Waals surface area contributed by atoms with Crippen molar-refractivity contribution in [2.24, 2.45) is 0 Å². The van der Waals surface area contributed by atoms with Gasteiger partial charge in [0, 0.05) is 16.6 Å². The Hall–Kier alpha value is -2.86. The third kappa shape index (κ3) is 4.58. The smallest absolute Gasteiger partial charge is 0.255 e. The Balaban J connectivity index is 1.57. The molecule has 1 aromatic heterocycles. The maximum absolute atomic E-state index is 12.3. The van der Waals surface area contributed by atoms with Crippen LogP contribution in [0.25, 0.3) is 0 Å². The van der Waals surface area contributed by atoms with Crippen molar-refractivity contribution >= 4 is 22.9 Å². The number of carbonyl (C=O) groups excluding carboxylic acids is 1. The largest absolute Gasteiger partial charge is 0.497 e. The Bertz CT molecular complexity index is 842. The van der Waals surface area contributed by atoms with Gasteiger partial charge in [0.25, 0.3) is 5.91 Å². The molecule has 1 heterocycles. The molecule has 0 bridgehead atoms. The lowest BCUT2D eigenvalue weighted by molar-refractivity contribution is 0.102. The number of anilines is 1. The van der Waals surface area contributed by atoms with Crippen LogP contribution in [0.2, 0.25) is 0 Å². The summed E-state index contributed by atoms with van der Waals surface area (Å²) in [6.45, 7) is 2.38. The number of aryl methyl sites for hydroxylation is 1. The van der Waals surface area contributed by atoms with Crippen LogP contribution in [0.1, 0.15) is 21.1 Å². The third-order valence-corrected chi connectivity index (χ3v) is 4.34. The SMILES string of the molecule is COc1ccc(NC(=O)c2ccc(OCc3csc(C)n3)cc2)cc1. The van der Waals surface area contributed by atoms with Crippen LogP contribution in [-0.4, -0.2) is 18.0 Å². The summed E-state index contributed by atoms with van der Waals surface area (Å²) in [6.07, 6.45) is 0. The first kappa shape index (κ1) is 17.0. The van der Waals surface area contributed by atoms with E-state index in [0.717, 1.165) is 16.5 Å². The summed E-state index contributed by atoms with van der Waals surface area (Å²) in [5.74, 6) is 1.27. The zero-order valence-corrected chi connectivity index (χ0v) is 14.8. The van der Waals surface area contributed by atoms with Gasteiger partial charge in [0.05, 0.1) is 17.8 Å². The van der Waals surface area contributed by atoms with Crippen molar-refractivity contribution in [2.45, 2.75) is 13.5 Å². The number of ether oxygens (including phenoxy) is 2. The van der Waals surface area contributed by atoms with E-state index in [-0.39, 0.29) is 5.91 Å². The molecule has 3 rings (SSSR count). The Morgan fingerprint density at radius 3 is 2.36 bits per heavy atom. The number of methoxy groups -OCH3 is 1. The molecule has 25 heavy (non-hydrogen) atoms. The van der Waals surface area contributed by atoms with Gasteiger partial charge in [0.2, 0.25) is 0 Å². The average Bonchev–Trinajstić information content (AvgIpc) is 3.06. The average molecular weight is 354 g/mol. The Kier molecular flexibility index (Phi) is 5.30. The minimum Gasteiger partial charge on any atom is -0.497 e. The summed E-state index contributed by atoms with van der Waals surface area (Å²) >= 11 is 1.60. The molecule has 0 unspecified atom stereocenters. The van der Waals surface area contributed by atoms with Crippen LogP contribution in [0.5, 0.6) is 11.5 Å². The number of carbonyl (C=O) groups is 1. The van der Waals surface area contributed by atoms with Crippen LogP contribution in [0.4, 0.5) is 5.69 Å². The Labute approximate surface area is 150 Å². The second-order valence-corrected chi connectivity index (χ2v) is 6.42. The van der Waals surface area contributed by atoms with Gasteiger partial charge in [-0.15, -0.1) is 11.3 Å². The molecule has 0 aliphatic carbocycles. The molecule has 1 N–H and O–H groups in total. The minimum atomic E-state index is -0.174. The summed E-state index contributed by atoms with van der Waals surface area (Å²) in [5.41, 5.74) is 2.18. The van der Waals surface area contributed by atoms with E-state index in [9.17, 15) is 4.79 Å². The number of thiazole rings is 1. The predicted octanol–water partition coefficient (Wildman–Crippen LogP) is 4.29. The molecule has 6 heteroatoms. The van der Waals surface area contributed by atoms with Crippen LogP contribution in [0.3, 0.4) is 0 Å². The number of nitrogens with one attached hydrogen (secondary N) is 1. The van der Waals surface area contributed by atoms with Crippen molar-refractivity contribution in [1.29, 1.82) is 0 Å². The third-order valence-electron chi connectivity index (χ3n) is 3.52. The van der Waals surface area contributed by atoms with Gasteiger partial charge < -0.3 is 14.8 Å². The first-order valence-electron chi connectivity index (χ1n) is 7.73. The van der Waals surface area contributed by atoms with Gasteiger partial charge in [0.15, 0.2) is 0 Å². The minimum absolute atomic E-state index is 0.174. The fourth-order valence-corrected chi connectivity index (χ4v) is 2.81. The van der Waals surface area contributed by atoms with Crippen molar-refractivity contribution in [1.82, 2.24) is 4.98 Å². The Morgan fingerprint density at radius 2 is 1.76 bits per heavy atom. The number of aromatic nitrogens is 1. The molecule has 0 radical (unpaired) electrons. The molecule has 3 aromatic rings. The number of rotatable bonds is 6. The summed E-state index contributed by atoms with van der Waals surface area (Å²) in [4.78, 5) is 16.6. The Morgan fingerprint density at radius 1 is 1.08 bits per heavy atom. The molecule has 0 spiro atoms. The molecule has 0 saturated carbocycles. The molecular weight excluding hydrogens is 336 g/mol. The van der Waals surface area contributed by atoms with E-state index >= 15 is 0 Å². The highest BCUT2D eigenvalue weighted by Crippen LogP contribution is 2.18. The molecule has 5 nitrogen and oxygen atoms in total. The topological polar surface area (TPSA) is 60.5 Å². The first-order valence-corrected chi connectivity index (χ1v) is 8.61. The number of hydrogen-bond donors (Lipinski definition) is 1. The van der Waals surface area contributed by atoms with Crippen LogP contribution in [-0.2, 0) is 6.61 Å². The van der Waals surface area contributed by atoms with E-state index in [1.54, 1.807) is 67.0 Å². The molecule has 0 atom stereocenters. The number of amides is 1. The second kappa shape index (κ2) is 7.81. The molecule has 128 valence electrons. The second-order valence-electron chi connectivity index (χ2n) is 5.35. The summed E-state index contributed by atoms with van der Waals surface area (Å²) in [6, 6.07) is 14.2. The molecule has 1 amide bonds. The highest BCUT2D eigenvalue weighted by Gasteiger charge is 2.07. The molecule has 0 aliphatic heterocycles. The molecular formula is C19H18N2O3S. The van der Waals surface area contributed by atoms with Crippen molar-refractivity contribution in [3.05, 3.63) is 70.2 Å². The fraction of sp³-hybridized carbons (Fsp3) is 0.158. The van der Waals surface area contributed by atoms with Crippen molar-refractivity contribution in [3.63, 3.8) is 0 Å². The zero-order chi connectivity index (χ0) is 17.6. The van der Waals surface area contributed by atoms with E-state index in [4.69, 9.17) is 9.47 Å². The molecule has 0 saturated heterocycles. The van der Waals surface area contributed by atoms with E-state index < -0.39 is 0 Å². The van der Waals surface area contributed by atoms with Gasteiger partial charge in [-0.05, 0) is 55.5 Å². The number of nitrogens with zero attached hydrogens (tertiary/aromatic N) is 1. The first-order chi connectivity index (χ1) is 12.1. The highest BCUT2D eigenvalue weighted by molar-refractivity contribution is 7.09. The summed E-state index contributed by atoms with van der Waals surface area (Å²) in [7, 11) is 1.60. The lowest BCUT2D eigenvalue weighted by Crippen LogP contribution is -2.11. The van der Waals surface area contributed by atoms with Crippen LogP contribution in [0.15, 0.2) is 53.9 Å². The van der Waals surface area contributed by atoms with Gasteiger partial charge in [-0.25, -0.2) is 4.98 Å². The van der Waals surface area contributed by atoms with Gasteiger partial charge in [-0.3, -0.25) is 4.79 Å². The van der Waals surface area contributed by atoms with Crippen LogP contribution < -0.4 is 14.8 Å². The van der Waals surface area contributed by atoms with Crippen molar-refractivity contribution in [3.8, 4) is 11.5 Å². The predicted molar refractivity (Wildman–Crippen MR) is 98.6 cm³/mol. The summed E-state index contributed by atoms with van der Waals surface area (Å²) < 4.78 is 10.8. The van der Waals surface area contributed by atoms with E-state index in [0.29, 0.717) is 23.6 Å². The van der Waals surface area contributed by atoms with Gasteiger partial charge in [0.1, 0.15) is 18.1 Å².